The molecule has 1 saturated carbocycles. The molecule has 1 aromatic carbocycles. The summed E-state index contributed by atoms with van der Waals surface area (Å²) in [6, 6.07) is 8.72. The number of rotatable bonds is 3. The number of carbonyl (C=O) groups excluding carboxylic acids is 1. The van der Waals surface area contributed by atoms with Crippen LogP contribution in [0.4, 0.5) is 5.69 Å². The summed E-state index contributed by atoms with van der Waals surface area (Å²) < 4.78 is 0. The Labute approximate surface area is 121 Å². The number of amides is 1. The molecule has 0 radical (unpaired) electrons. The van der Waals surface area contributed by atoms with Crippen molar-refractivity contribution >= 4 is 17.6 Å². The molecule has 2 unspecified atom stereocenters. The van der Waals surface area contributed by atoms with Crippen molar-refractivity contribution in [2.75, 3.05) is 5.32 Å². The van der Waals surface area contributed by atoms with Gasteiger partial charge in [0.15, 0.2) is 0 Å². The third kappa shape index (κ3) is 2.19. The van der Waals surface area contributed by atoms with Crippen molar-refractivity contribution < 1.29 is 14.7 Å². The van der Waals surface area contributed by atoms with Crippen LogP contribution in [0, 0.1) is 35.0 Å². The maximum absolute atomic E-state index is 12.5. The predicted molar refractivity (Wildman–Crippen MR) is 75.1 cm³/mol. The average molecular weight is 282 g/mol. The van der Waals surface area contributed by atoms with E-state index in [0.29, 0.717) is 11.3 Å². The zero-order valence-corrected chi connectivity index (χ0v) is 11.2. The minimum atomic E-state index is -0.930. The van der Waals surface area contributed by atoms with Gasteiger partial charge in [-0.15, -0.1) is 0 Å². The summed E-state index contributed by atoms with van der Waals surface area (Å²) in [5, 5.41) is 21.1. The molecular weight excluding hydrogens is 268 g/mol. The van der Waals surface area contributed by atoms with Crippen molar-refractivity contribution in [1.82, 2.24) is 0 Å². The zero-order chi connectivity index (χ0) is 15.0. The van der Waals surface area contributed by atoms with Crippen LogP contribution < -0.4 is 5.32 Å². The maximum atomic E-state index is 12.5. The van der Waals surface area contributed by atoms with E-state index in [1.165, 1.54) is 0 Å². The van der Waals surface area contributed by atoms with E-state index < -0.39 is 17.8 Å². The Hall–Kier alpha value is -2.61. The third-order valence-corrected chi connectivity index (χ3v) is 4.35. The molecule has 1 amide bonds. The monoisotopic (exact) mass is 282 g/mol. The highest BCUT2D eigenvalue weighted by atomic mass is 16.4. The Kier molecular flexibility index (Phi) is 3.22. The normalized spacial score (nSPS) is 29.1. The lowest BCUT2D eigenvalue weighted by molar-refractivity contribution is -0.146. The fourth-order valence-electron chi connectivity index (χ4n) is 3.42. The summed E-state index contributed by atoms with van der Waals surface area (Å²) in [5.41, 5.74) is 0.803. The summed E-state index contributed by atoms with van der Waals surface area (Å²) in [6.07, 6.45) is 4.55. The van der Waals surface area contributed by atoms with Gasteiger partial charge in [0, 0.05) is 0 Å². The van der Waals surface area contributed by atoms with Crippen LogP contribution in [-0.4, -0.2) is 17.0 Å². The van der Waals surface area contributed by atoms with Gasteiger partial charge in [-0.1, -0.05) is 24.3 Å². The fraction of sp³-hybridized carbons (Fsp3) is 0.312. The number of nitriles is 1. The van der Waals surface area contributed by atoms with E-state index in [9.17, 15) is 14.7 Å². The van der Waals surface area contributed by atoms with Crippen molar-refractivity contribution in [2.24, 2.45) is 23.7 Å². The van der Waals surface area contributed by atoms with E-state index in [-0.39, 0.29) is 17.7 Å². The van der Waals surface area contributed by atoms with Gasteiger partial charge in [0.25, 0.3) is 0 Å². The van der Waals surface area contributed by atoms with Gasteiger partial charge in [0.1, 0.15) is 6.07 Å². The highest BCUT2D eigenvalue weighted by molar-refractivity contribution is 5.97. The Morgan fingerprint density at radius 2 is 1.86 bits per heavy atom. The molecule has 4 atom stereocenters. The van der Waals surface area contributed by atoms with Crippen molar-refractivity contribution in [3.8, 4) is 6.07 Å². The fourth-order valence-corrected chi connectivity index (χ4v) is 3.42. The van der Waals surface area contributed by atoms with Gasteiger partial charge in [-0.2, -0.15) is 5.26 Å². The number of aliphatic carboxylic acids is 1. The largest absolute Gasteiger partial charge is 0.481 e. The highest BCUT2D eigenvalue weighted by Gasteiger charge is 2.51. The van der Waals surface area contributed by atoms with E-state index in [0.717, 1.165) is 6.42 Å². The molecule has 2 aliphatic carbocycles. The summed E-state index contributed by atoms with van der Waals surface area (Å²) in [6.45, 7) is 0. The van der Waals surface area contributed by atoms with Gasteiger partial charge < -0.3 is 10.4 Å². The lowest BCUT2D eigenvalue weighted by Gasteiger charge is -2.24. The molecule has 0 spiro atoms. The number of anilines is 1. The number of carbonyl (C=O) groups is 2. The van der Waals surface area contributed by atoms with Gasteiger partial charge in [0.2, 0.25) is 5.91 Å². The highest BCUT2D eigenvalue weighted by Crippen LogP contribution is 2.48. The van der Waals surface area contributed by atoms with Crippen molar-refractivity contribution in [2.45, 2.75) is 6.42 Å². The first-order chi connectivity index (χ1) is 10.1. The molecule has 5 nitrogen and oxygen atoms in total. The number of carboxylic acids is 1. The quantitative estimate of drug-likeness (QED) is 0.830. The first-order valence-corrected chi connectivity index (χ1v) is 6.83. The second-order valence-electron chi connectivity index (χ2n) is 5.48. The summed E-state index contributed by atoms with van der Waals surface area (Å²) in [7, 11) is 0. The molecule has 0 saturated heterocycles. The van der Waals surface area contributed by atoms with E-state index in [4.69, 9.17) is 5.26 Å². The number of nitrogens with one attached hydrogen (secondary N) is 1. The molecule has 5 heteroatoms. The second kappa shape index (κ2) is 5.06. The average Bonchev–Trinajstić information content (AvgIpc) is 3.08. The Morgan fingerprint density at radius 3 is 2.52 bits per heavy atom. The van der Waals surface area contributed by atoms with Crippen LogP contribution in [0.15, 0.2) is 36.4 Å². The summed E-state index contributed by atoms with van der Waals surface area (Å²) >= 11 is 0. The molecular formula is C16H14N2O3. The van der Waals surface area contributed by atoms with Gasteiger partial charge in [-0.25, -0.2) is 0 Å². The van der Waals surface area contributed by atoms with Crippen molar-refractivity contribution in [1.29, 1.82) is 5.26 Å². The Morgan fingerprint density at radius 1 is 1.19 bits per heavy atom. The molecule has 2 N–H and O–H groups in total. The van der Waals surface area contributed by atoms with Gasteiger partial charge >= 0.3 is 5.97 Å². The van der Waals surface area contributed by atoms with E-state index in [1.54, 1.807) is 24.3 Å². The van der Waals surface area contributed by atoms with Crippen molar-refractivity contribution in [3.05, 3.63) is 42.0 Å². The maximum Gasteiger partial charge on any atom is 0.307 e. The van der Waals surface area contributed by atoms with Crippen LogP contribution in [0.5, 0.6) is 0 Å². The van der Waals surface area contributed by atoms with Gasteiger partial charge in [-0.3, -0.25) is 9.59 Å². The first-order valence-electron chi connectivity index (χ1n) is 6.83. The number of benzene rings is 1. The lowest BCUT2D eigenvalue weighted by atomic mass is 9.82. The number of para-hydroxylation sites is 1. The van der Waals surface area contributed by atoms with E-state index >= 15 is 0 Å². The van der Waals surface area contributed by atoms with Crippen LogP contribution in [0.3, 0.4) is 0 Å². The molecule has 0 heterocycles. The third-order valence-electron chi connectivity index (χ3n) is 4.35. The molecule has 1 fully saturated rings. The lowest BCUT2D eigenvalue weighted by Crippen LogP contribution is -2.36. The van der Waals surface area contributed by atoms with Crippen LogP contribution in [0.25, 0.3) is 0 Å². The SMILES string of the molecule is N#Cc1ccccc1NC(=O)[C@H]1C2C=CC(C2)[C@H]1C(=O)O. The second-order valence-corrected chi connectivity index (χ2v) is 5.48. The topological polar surface area (TPSA) is 90.2 Å². The number of carboxylic acid groups (broad SMARTS) is 1. The Balaban J connectivity index is 1.84. The molecule has 1 aromatic rings. The van der Waals surface area contributed by atoms with E-state index in [1.807, 2.05) is 18.2 Å². The van der Waals surface area contributed by atoms with Gasteiger partial charge in [-0.05, 0) is 30.4 Å². The molecule has 21 heavy (non-hydrogen) atoms. The van der Waals surface area contributed by atoms with Gasteiger partial charge in [0.05, 0.1) is 23.1 Å². The van der Waals surface area contributed by atoms with Crippen LogP contribution in [0.1, 0.15) is 12.0 Å². The minimum Gasteiger partial charge on any atom is -0.481 e. The van der Waals surface area contributed by atoms with Crippen LogP contribution >= 0.6 is 0 Å². The number of nitrogens with zero attached hydrogens (tertiary/aromatic N) is 1. The van der Waals surface area contributed by atoms with E-state index in [2.05, 4.69) is 5.32 Å². The Bertz CT molecular complexity index is 674. The molecule has 2 aliphatic rings. The zero-order valence-electron chi connectivity index (χ0n) is 11.2. The van der Waals surface area contributed by atoms with Crippen LogP contribution in [-0.2, 0) is 9.59 Å². The molecule has 0 aromatic heterocycles. The number of allylic oxidation sites excluding steroid dienone is 2. The molecule has 106 valence electrons. The van der Waals surface area contributed by atoms with Crippen molar-refractivity contribution in [3.63, 3.8) is 0 Å². The number of hydrogen-bond acceptors (Lipinski definition) is 3. The number of hydrogen-bond donors (Lipinski definition) is 2. The summed E-state index contributed by atoms with van der Waals surface area (Å²) in [4.78, 5) is 23.9. The predicted octanol–water partition coefficient (Wildman–Crippen LogP) is 2.02. The minimum absolute atomic E-state index is 0.0228. The molecule has 0 aliphatic heterocycles. The van der Waals surface area contributed by atoms with Crippen LogP contribution in [0.2, 0.25) is 0 Å². The number of fused-ring (bicyclic) bond motifs is 2. The molecule has 2 bridgehead atoms. The smallest absolute Gasteiger partial charge is 0.307 e. The summed E-state index contributed by atoms with van der Waals surface area (Å²) in [5.74, 6) is -2.57. The first kappa shape index (κ1) is 13.4. The molecule has 3 rings (SSSR count). The standard InChI is InChI=1S/C16H14N2O3/c17-8-11-3-1-2-4-12(11)18-15(19)13-9-5-6-10(7-9)14(13)16(20)21/h1-6,9-10,13-14H,7H2,(H,18,19)(H,20,21)/t9?,10?,13-,14+/m0/s1.